The molecule has 1 rings (SSSR count). The average Bonchev–Trinajstić information content (AvgIpc) is 2.28. The maximum atomic E-state index is 12.6. The summed E-state index contributed by atoms with van der Waals surface area (Å²) < 4.78 is 12.6. The van der Waals surface area contributed by atoms with E-state index in [4.69, 9.17) is 5.11 Å². The van der Waals surface area contributed by atoms with E-state index in [-0.39, 0.29) is 18.1 Å². The number of carboxylic acids is 1. The number of amides is 1. The van der Waals surface area contributed by atoms with Gasteiger partial charge < -0.3 is 10.4 Å². The van der Waals surface area contributed by atoms with E-state index in [0.717, 1.165) is 5.56 Å². The molecule has 5 heteroatoms. The number of nitrogens with one attached hydrogen (secondary N) is 1. The molecule has 1 atom stereocenters. The van der Waals surface area contributed by atoms with E-state index in [1.807, 2.05) is 0 Å². The van der Waals surface area contributed by atoms with Gasteiger partial charge in [0, 0.05) is 6.42 Å². The van der Waals surface area contributed by atoms with Crippen molar-refractivity contribution < 1.29 is 19.1 Å². The van der Waals surface area contributed by atoms with Crippen LogP contribution in [0.1, 0.15) is 18.9 Å². The fraction of sp³-hybridized carbons (Fsp3) is 0.333. The summed E-state index contributed by atoms with van der Waals surface area (Å²) in [5, 5.41) is 10.9. The number of benzene rings is 1. The lowest BCUT2D eigenvalue weighted by Gasteiger charge is -2.08. The van der Waals surface area contributed by atoms with E-state index in [2.05, 4.69) is 5.32 Å². The summed E-state index contributed by atoms with van der Waals surface area (Å²) in [6.45, 7) is 1.40. The zero-order valence-corrected chi connectivity index (χ0v) is 9.44. The Labute approximate surface area is 98.5 Å². The highest BCUT2D eigenvalue weighted by Crippen LogP contribution is 2.05. The molecule has 0 saturated heterocycles. The second kappa shape index (κ2) is 5.98. The van der Waals surface area contributed by atoms with Crippen LogP contribution in [0.25, 0.3) is 0 Å². The van der Waals surface area contributed by atoms with E-state index in [1.165, 1.54) is 19.1 Å². The Morgan fingerprint density at radius 2 is 1.94 bits per heavy atom. The number of carbonyl (C=O) groups excluding carboxylic acids is 1. The van der Waals surface area contributed by atoms with Gasteiger partial charge in [-0.2, -0.15) is 0 Å². The third-order valence-corrected chi connectivity index (χ3v) is 2.30. The number of aryl methyl sites for hydroxylation is 1. The van der Waals surface area contributed by atoms with Crippen LogP contribution in [-0.2, 0) is 16.0 Å². The van der Waals surface area contributed by atoms with Crippen molar-refractivity contribution in [3.05, 3.63) is 35.6 Å². The second-order valence-electron chi connectivity index (χ2n) is 3.75. The quantitative estimate of drug-likeness (QED) is 0.815. The van der Waals surface area contributed by atoms with E-state index < -0.39 is 12.0 Å². The zero-order valence-electron chi connectivity index (χ0n) is 9.44. The molecule has 4 nitrogen and oxygen atoms in total. The number of carbonyl (C=O) groups is 2. The maximum Gasteiger partial charge on any atom is 0.325 e. The van der Waals surface area contributed by atoms with Crippen LogP contribution in [0.15, 0.2) is 24.3 Å². The summed E-state index contributed by atoms with van der Waals surface area (Å²) in [6.07, 6.45) is 0.641. The molecule has 1 aromatic rings. The van der Waals surface area contributed by atoms with Gasteiger partial charge in [-0.1, -0.05) is 12.1 Å². The molecule has 0 bridgehead atoms. The number of carboxylic acid groups (broad SMARTS) is 1. The molecule has 0 aromatic heterocycles. The number of halogens is 1. The highest BCUT2D eigenvalue weighted by atomic mass is 19.1. The summed E-state index contributed by atoms with van der Waals surface area (Å²) in [4.78, 5) is 21.8. The molecule has 0 heterocycles. The monoisotopic (exact) mass is 239 g/mol. The van der Waals surface area contributed by atoms with Gasteiger partial charge in [-0.05, 0) is 31.0 Å². The summed E-state index contributed by atoms with van der Waals surface area (Å²) in [5.74, 6) is -1.72. The molecule has 0 aliphatic carbocycles. The number of aliphatic carboxylic acids is 1. The smallest absolute Gasteiger partial charge is 0.325 e. The predicted molar refractivity (Wildman–Crippen MR) is 60.0 cm³/mol. The Morgan fingerprint density at radius 3 is 2.47 bits per heavy atom. The minimum atomic E-state index is -1.07. The Bertz CT molecular complexity index is 403. The summed E-state index contributed by atoms with van der Waals surface area (Å²) in [7, 11) is 0. The predicted octanol–water partition coefficient (Wildman–Crippen LogP) is 1.35. The van der Waals surface area contributed by atoms with Crippen molar-refractivity contribution in [2.24, 2.45) is 0 Å². The number of hydrogen-bond donors (Lipinski definition) is 2. The lowest BCUT2D eigenvalue weighted by molar-refractivity contribution is -0.141. The molecule has 0 radical (unpaired) electrons. The lowest BCUT2D eigenvalue weighted by Crippen LogP contribution is -2.38. The molecule has 1 amide bonds. The normalized spacial score (nSPS) is 11.9. The lowest BCUT2D eigenvalue weighted by atomic mass is 10.1. The molecular formula is C12H14FNO3. The van der Waals surface area contributed by atoms with Crippen molar-refractivity contribution in [1.29, 1.82) is 0 Å². The Hall–Kier alpha value is -1.91. The SMILES string of the molecule is CC(NC(=O)CCc1ccc(F)cc1)C(=O)O. The van der Waals surface area contributed by atoms with Gasteiger partial charge in [-0.3, -0.25) is 9.59 Å². The third-order valence-electron chi connectivity index (χ3n) is 2.30. The van der Waals surface area contributed by atoms with Gasteiger partial charge in [-0.15, -0.1) is 0 Å². The largest absolute Gasteiger partial charge is 0.480 e. The Morgan fingerprint density at radius 1 is 1.35 bits per heavy atom. The van der Waals surface area contributed by atoms with Crippen molar-refractivity contribution in [1.82, 2.24) is 5.32 Å². The zero-order chi connectivity index (χ0) is 12.8. The van der Waals surface area contributed by atoms with Crippen LogP contribution in [0.2, 0.25) is 0 Å². The molecule has 1 unspecified atom stereocenters. The van der Waals surface area contributed by atoms with Crippen LogP contribution < -0.4 is 5.32 Å². The minimum absolute atomic E-state index is 0.184. The molecule has 92 valence electrons. The fourth-order valence-corrected chi connectivity index (χ4v) is 1.28. The topological polar surface area (TPSA) is 66.4 Å². The molecule has 2 N–H and O–H groups in total. The van der Waals surface area contributed by atoms with Crippen molar-refractivity contribution in [2.75, 3.05) is 0 Å². The Balaban J connectivity index is 2.38. The first-order chi connectivity index (χ1) is 7.99. The van der Waals surface area contributed by atoms with Gasteiger partial charge in [0.25, 0.3) is 0 Å². The van der Waals surface area contributed by atoms with Gasteiger partial charge in [-0.25, -0.2) is 4.39 Å². The van der Waals surface area contributed by atoms with Gasteiger partial charge in [0.15, 0.2) is 0 Å². The molecule has 17 heavy (non-hydrogen) atoms. The van der Waals surface area contributed by atoms with E-state index in [9.17, 15) is 14.0 Å². The molecule has 0 spiro atoms. The summed E-state index contributed by atoms with van der Waals surface area (Å²) >= 11 is 0. The van der Waals surface area contributed by atoms with Crippen LogP contribution >= 0.6 is 0 Å². The van der Waals surface area contributed by atoms with Crippen molar-refractivity contribution >= 4 is 11.9 Å². The minimum Gasteiger partial charge on any atom is -0.480 e. The maximum absolute atomic E-state index is 12.6. The average molecular weight is 239 g/mol. The fourth-order valence-electron chi connectivity index (χ4n) is 1.28. The molecule has 1 aromatic carbocycles. The summed E-state index contributed by atoms with van der Waals surface area (Å²) in [5.41, 5.74) is 0.838. The number of rotatable bonds is 5. The molecule has 0 aliphatic heterocycles. The molecule has 0 saturated carbocycles. The van der Waals surface area contributed by atoms with E-state index >= 15 is 0 Å². The first kappa shape index (κ1) is 13.2. The number of hydrogen-bond acceptors (Lipinski definition) is 2. The van der Waals surface area contributed by atoms with Gasteiger partial charge in [0.1, 0.15) is 11.9 Å². The Kier molecular flexibility index (Phi) is 4.63. The second-order valence-corrected chi connectivity index (χ2v) is 3.75. The van der Waals surface area contributed by atoms with Crippen LogP contribution in [-0.4, -0.2) is 23.0 Å². The van der Waals surface area contributed by atoms with Crippen LogP contribution in [0.5, 0.6) is 0 Å². The standard InChI is InChI=1S/C12H14FNO3/c1-8(12(16)17)14-11(15)7-4-9-2-5-10(13)6-3-9/h2-3,5-6,8H,4,7H2,1H3,(H,14,15)(H,16,17). The summed E-state index contributed by atoms with van der Waals surface area (Å²) in [6, 6.07) is 4.96. The van der Waals surface area contributed by atoms with E-state index in [0.29, 0.717) is 6.42 Å². The van der Waals surface area contributed by atoms with Crippen molar-refractivity contribution in [3.8, 4) is 0 Å². The van der Waals surface area contributed by atoms with Crippen LogP contribution in [0, 0.1) is 5.82 Å². The highest BCUT2D eigenvalue weighted by Gasteiger charge is 2.13. The van der Waals surface area contributed by atoms with Crippen molar-refractivity contribution in [2.45, 2.75) is 25.8 Å². The van der Waals surface area contributed by atoms with Gasteiger partial charge in [0.2, 0.25) is 5.91 Å². The van der Waals surface area contributed by atoms with Gasteiger partial charge >= 0.3 is 5.97 Å². The first-order valence-electron chi connectivity index (χ1n) is 5.25. The molecule has 0 fully saturated rings. The van der Waals surface area contributed by atoms with E-state index in [1.54, 1.807) is 12.1 Å². The molecular weight excluding hydrogens is 225 g/mol. The first-order valence-corrected chi connectivity index (χ1v) is 5.25. The highest BCUT2D eigenvalue weighted by molar-refractivity contribution is 5.83. The molecule has 0 aliphatic rings. The van der Waals surface area contributed by atoms with Crippen molar-refractivity contribution in [3.63, 3.8) is 0 Å². The van der Waals surface area contributed by atoms with Gasteiger partial charge in [0.05, 0.1) is 0 Å². The third kappa shape index (κ3) is 4.63. The van der Waals surface area contributed by atoms with Crippen LogP contribution in [0.4, 0.5) is 4.39 Å². The van der Waals surface area contributed by atoms with Crippen LogP contribution in [0.3, 0.4) is 0 Å².